The largest absolute Gasteiger partial charge is 0.310 e. The zero-order valence-electron chi connectivity index (χ0n) is 9.95. The summed E-state index contributed by atoms with van der Waals surface area (Å²) in [6.07, 6.45) is -0.135. The molecule has 1 aliphatic rings. The Balaban J connectivity index is 2.26. The van der Waals surface area contributed by atoms with Crippen LogP contribution in [-0.2, 0) is 15.0 Å². The molecule has 0 aromatic heterocycles. The van der Waals surface area contributed by atoms with Crippen LogP contribution < -0.4 is 4.90 Å². The molecule has 0 aliphatic carbocycles. The topological polar surface area (TPSA) is 54.5 Å². The summed E-state index contributed by atoms with van der Waals surface area (Å²) in [5, 5.41) is -0.123. The van der Waals surface area contributed by atoms with Crippen LogP contribution in [0.1, 0.15) is 6.42 Å². The van der Waals surface area contributed by atoms with Gasteiger partial charge >= 0.3 is 10.2 Å². The number of halogens is 4. The van der Waals surface area contributed by atoms with Gasteiger partial charge in [0, 0.05) is 24.9 Å². The first-order valence-electron chi connectivity index (χ1n) is 5.54. The van der Waals surface area contributed by atoms with Gasteiger partial charge in [0.05, 0.1) is 21.5 Å². The highest BCUT2D eigenvalue weighted by atomic mass is 35.5. The maximum atomic E-state index is 13.4. The van der Waals surface area contributed by atoms with Crippen molar-refractivity contribution in [2.24, 2.45) is 5.92 Å². The molecule has 1 aliphatic heterocycles. The number of rotatable bonds is 3. The molecule has 1 unspecified atom stereocenters. The van der Waals surface area contributed by atoms with E-state index < -0.39 is 33.6 Å². The normalized spacial score (nSPS) is 19.7. The summed E-state index contributed by atoms with van der Waals surface area (Å²) in [5.41, 5.74) is 0.0947. The van der Waals surface area contributed by atoms with Gasteiger partial charge in [0.2, 0.25) is 5.91 Å². The third kappa shape index (κ3) is 3.39. The van der Waals surface area contributed by atoms with Gasteiger partial charge in [-0.2, -0.15) is 8.42 Å². The Morgan fingerprint density at radius 2 is 1.95 bits per heavy atom. The molecule has 0 N–H and O–H groups in total. The van der Waals surface area contributed by atoms with E-state index >= 15 is 0 Å². The van der Waals surface area contributed by atoms with E-state index in [1.54, 1.807) is 0 Å². The van der Waals surface area contributed by atoms with Gasteiger partial charge < -0.3 is 4.90 Å². The van der Waals surface area contributed by atoms with Crippen molar-refractivity contribution in [1.82, 2.24) is 0 Å². The van der Waals surface area contributed by atoms with Crippen LogP contribution in [-0.4, -0.2) is 26.6 Å². The number of carbonyl (C=O) groups excluding carboxylic acids is 1. The van der Waals surface area contributed by atoms with Crippen molar-refractivity contribution in [3.8, 4) is 0 Å². The Morgan fingerprint density at radius 3 is 2.55 bits per heavy atom. The molecule has 0 spiro atoms. The number of benzene rings is 1. The van der Waals surface area contributed by atoms with E-state index in [9.17, 15) is 21.5 Å². The molecule has 1 amide bonds. The molecule has 4 nitrogen and oxygen atoms in total. The number of nitrogens with zero attached hydrogens (tertiary/aromatic N) is 1. The fourth-order valence-electron chi connectivity index (χ4n) is 2.13. The van der Waals surface area contributed by atoms with Crippen LogP contribution in [0.2, 0.25) is 10.0 Å². The monoisotopic (exact) mass is 343 g/mol. The zero-order chi connectivity index (χ0) is 15.1. The average molecular weight is 344 g/mol. The molecule has 1 saturated heterocycles. The molecular formula is C11H9Cl2F2NO3S. The summed E-state index contributed by atoms with van der Waals surface area (Å²) >= 11 is 11.4. The van der Waals surface area contributed by atoms with E-state index in [0.29, 0.717) is 0 Å². The number of hydrogen-bond donors (Lipinski definition) is 0. The Bertz CT molecular complexity index is 666. The summed E-state index contributed by atoms with van der Waals surface area (Å²) in [6.45, 7) is -0.0389. The molecule has 1 fully saturated rings. The third-order valence-electron chi connectivity index (χ3n) is 2.92. The SMILES string of the molecule is O=C1CC(CS(=O)(=O)F)CN1c1cc(F)c(Cl)cc1Cl. The van der Waals surface area contributed by atoms with Crippen LogP contribution in [0.25, 0.3) is 0 Å². The van der Waals surface area contributed by atoms with Crippen molar-refractivity contribution in [2.75, 3.05) is 17.2 Å². The van der Waals surface area contributed by atoms with E-state index in [-0.39, 0.29) is 28.7 Å². The zero-order valence-corrected chi connectivity index (χ0v) is 12.3. The maximum absolute atomic E-state index is 13.4. The van der Waals surface area contributed by atoms with Crippen LogP contribution in [0.15, 0.2) is 12.1 Å². The molecule has 20 heavy (non-hydrogen) atoms. The van der Waals surface area contributed by atoms with Crippen molar-refractivity contribution in [2.45, 2.75) is 6.42 Å². The van der Waals surface area contributed by atoms with E-state index in [1.165, 1.54) is 0 Å². The number of hydrogen-bond acceptors (Lipinski definition) is 3. The average Bonchev–Trinajstić information content (AvgIpc) is 2.62. The Hall–Kier alpha value is -0.920. The van der Waals surface area contributed by atoms with E-state index in [4.69, 9.17) is 23.2 Å². The standard InChI is InChI=1S/C11H9Cl2F2NO3S/c12-7-2-8(13)10(3-9(7)14)16-4-6(1-11(16)17)5-20(15,18)19/h2-3,6H,1,4-5H2. The van der Waals surface area contributed by atoms with Gasteiger partial charge in [-0.25, -0.2) is 4.39 Å². The minimum atomic E-state index is -4.67. The first-order chi connectivity index (χ1) is 9.17. The number of carbonyl (C=O) groups is 1. The van der Waals surface area contributed by atoms with E-state index in [0.717, 1.165) is 17.0 Å². The van der Waals surface area contributed by atoms with Gasteiger partial charge in [-0.15, -0.1) is 3.89 Å². The lowest BCUT2D eigenvalue weighted by Gasteiger charge is -2.18. The molecule has 2 rings (SSSR count). The smallest absolute Gasteiger partial charge is 0.302 e. The van der Waals surface area contributed by atoms with Crippen LogP contribution in [0.3, 0.4) is 0 Å². The molecule has 0 bridgehead atoms. The lowest BCUT2D eigenvalue weighted by Crippen LogP contribution is -2.25. The van der Waals surface area contributed by atoms with Gasteiger partial charge in [-0.05, 0) is 6.07 Å². The summed E-state index contributed by atoms with van der Waals surface area (Å²) in [5.74, 6) is -2.63. The molecule has 1 aromatic carbocycles. The minimum Gasteiger partial charge on any atom is -0.310 e. The molecule has 110 valence electrons. The summed E-state index contributed by atoms with van der Waals surface area (Å²) < 4.78 is 47.3. The van der Waals surface area contributed by atoms with Gasteiger partial charge in [-0.3, -0.25) is 4.79 Å². The van der Waals surface area contributed by atoms with Crippen LogP contribution in [0, 0.1) is 11.7 Å². The van der Waals surface area contributed by atoms with Gasteiger partial charge in [0.15, 0.2) is 0 Å². The molecule has 0 radical (unpaired) electrons. The Morgan fingerprint density at radius 1 is 1.30 bits per heavy atom. The number of anilines is 1. The molecule has 1 heterocycles. The van der Waals surface area contributed by atoms with Crippen molar-refractivity contribution in [1.29, 1.82) is 0 Å². The highest BCUT2D eigenvalue weighted by Crippen LogP contribution is 2.35. The summed E-state index contributed by atoms with van der Waals surface area (Å²) in [7, 11) is -4.67. The lowest BCUT2D eigenvalue weighted by molar-refractivity contribution is -0.117. The molecule has 9 heteroatoms. The predicted molar refractivity (Wildman–Crippen MR) is 71.8 cm³/mol. The lowest BCUT2D eigenvalue weighted by atomic mass is 10.1. The van der Waals surface area contributed by atoms with E-state index in [2.05, 4.69) is 0 Å². The predicted octanol–water partition coefficient (Wildman–Crippen LogP) is 2.78. The Kier molecular flexibility index (Phi) is 4.22. The van der Waals surface area contributed by atoms with Gasteiger partial charge in [0.1, 0.15) is 5.82 Å². The second-order valence-electron chi connectivity index (χ2n) is 4.50. The van der Waals surface area contributed by atoms with Gasteiger partial charge in [0.25, 0.3) is 0 Å². The maximum Gasteiger partial charge on any atom is 0.302 e. The molecule has 0 saturated carbocycles. The summed E-state index contributed by atoms with van der Waals surface area (Å²) in [4.78, 5) is 13.0. The summed E-state index contributed by atoms with van der Waals surface area (Å²) in [6, 6.07) is 2.15. The second kappa shape index (κ2) is 5.46. The fraction of sp³-hybridized carbons (Fsp3) is 0.364. The highest BCUT2D eigenvalue weighted by molar-refractivity contribution is 7.86. The van der Waals surface area contributed by atoms with E-state index in [1.807, 2.05) is 0 Å². The van der Waals surface area contributed by atoms with Gasteiger partial charge in [-0.1, -0.05) is 23.2 Å². The van der Waals surface area contributed by atoms with Crippen LogP contribution in [0.5, 0.6) is 0 Å². The first-order valence-corrected chi connectivity index (χ1v) is 7.85. The van der Waals surface area contributed by atoms with Crippen molar-refractivity contribution in [3.05, 3.63) is 28.0 Å². The van der Waals surface area contributed by atoms with Crippen LogP contribution in [0.4, 0.5) is 14.0 Å². The van der Waals surface area contributed by atoms with Crippen molar-refractivity contribution < 1.29 is 21.5 Å². The van der Waals surface area contributed by atoms with Crippen molar-refractivity contribution in [3.63, 3.8) is 0 Å². The molecular weight excluding hydrogens is 335 g/mol. The minimum absolute atomic E-state index is 0.0389. The van der Waals surface area contributed by atoms with Crippen molar-refractivity contribution >= 4 is 45.0 Å². The first kappa shape index (κ1) is 15.5. The molecule has 1 aromatic rings. The molecule has 1 atom stereocenters. The fourth-order valence-corrected chi connectivity index (χ4v) is 3.40. The highest BCUT2D eigenvalue weighted by Gasteiger charge is 2.34. The number of amides is 1. The quantitative estimate of drug-likeness (QED) is 0.626. The Labute approximate surface area is 124 Å². The van der Waals surface area contributed by atoms with Crippen LogP contribution >= 0.6 is 23.2 Å². The second-order valence-corrected chi connectivity index (χ2v) is 6.72. The third-order valence-corrected chi connectivity index (χ3v) is 4.38.